The van der Waals surface area contributed by atoms with Crippen LogP contribution in [0.1, 0.15) is 33.6 Å². The fourth-order valence-corrected chi connectivity index (χ4v) is 0.895. The summed E-state index contributed by atoms with van der Waals surface area (Å²) >= 11 is 0. The van der Waals surface area contributed by atoms with Gasteiger partial charge in [0.1, 0.15) is 0 Å². The second kappa shape index (κ2) is 8.75. The number of allylic oxidation sites excluding steroid dienone is 1. The maximum absolute atomic E-state index is 5.45. The van der Waals surface area contributed by atoms with E-state index in [1.807, 2.05) is 26.0 Å². The highest BCUT2D eigenvalue weighted by atomic mass is 16.7. The smallest absolute Gasteiger partial charge is 0.157 e. The Morgan fingerprint density at radius 3 is 2.50 bits per heavy atom. The minimum absolute atomic E-state index is 0.0174. The maximum Gasteiger partial charge on any atom is 0.157 e. The first kappa shape index (κ1) is 11.7. The summed E-state index contributed by atoms with van der Waals surface area (Å²) in [5.74, 6) is 0. The van der Waals surface area contributed by atoms with Crippen LogP contribution in [-0.4, -0.2) is 19.5 Å². The van der Waals surface area contributed by atoms with Gasteiger partial charge in [0.05, 0.1) is 6.61 Å². The fraction of sp³-hybridized carbons (Fsp3) is 0.800. The monoisotopic (exact) mass is 172 g/mol. The molecule has 0 N–H and O–H groups in total. The summed E-state index contributed by atoms with van der Waals surface area (Å²) in [5, 5.41) is 0. The minimum Gasteiger partial charge on any atom is -0.353 e. The van der Waals surface area contributed by atoms with Crippen LogP contribution in [0.25, 0.3) is 0 Å². The molecule has 0 fully saturated rings. The molecule has 0 saturated heterocycles. The van der Waals surface area contributed by atoms with Crippen molar-refractivity contribution in [1.82, 2.24) is 0 Å². The first-order valence-electron chi connectivity index (χ1n) is 4.69. The van der Waals surface area contributed by atoms with E-state index in [1.165, 1.54) is 0 Å². The van der Waals surface area contributed by atoms with E-state index in [4.69, 9.17) is 9.47 Å². The van der Waals surface area contributed by atoms with Crippen LogP contribution in [0.4, 0.5) is 0 Å². The second-order valence-electron chi connectivity index (χ2n) is 2.58. The average molecular weight is 172 g/mol. The van der Waals surface area contributed by atoms with Gasteiger partial charge in [0.2, 0.25) is 0 Å². The van der Waals surface area contributed by atoms with Gasteiger partial charge >= 0.3 is 0 Å². The van der Waals surface area contributed by atoms with Crippen LogP contribution >= 0.6 is 0 Å². The van der Waals surface area contributed by atoms with Crippen LogP contribution in [0.2, 0.25) is 0 Å². The normalized spacial score (nSPS) is 13.9. The van der Waals surface area contributed by atoms with Gasteiger partial charge in [-0.15, -0.1) is 0 Å². The lowest BCUT2D eigenvalue weighted by Crippen LogP contribution is -2.16. The zero-order valence-electron chi connectivity index (χ0n) is 8.38. The van der Waals surface area contributed by atoms with Gasteiger partial charge in [-0.05, 0) is 20.3 Å². The molecule has 0 aliphatic carbocycles. The van der Waals surface area contributed by atoms with Gasteiger partial charge in [-0.25, -0.2) is 0 Å². The van der Waals surface area contributed by atoms with E-state index in [0.717, 1.165) is 19.4 Å². The lowest BCUT2D eigenvalue weighted by molar-refractivity contribution is -0.135. The Morgan fingerprint density at radius 1 is 1.25 bits per heavy atom. The molecule has 0 aromatic rings. The van der Waals surface area contributed by atoms with Crippen molar-refractivity contribution in [3.05, 3.63) is 12.2 Å². The van der Waals surface area contributed by atoms with Crippen molar-refractivity contribution in [3.63, 3.8) is 0 Å². The summed E-state index contributed by atoms with van der Waals surface area (Å²) in [4.78, 5) is 0. The van der Waals surface area contributed by atoms with Crippen LogP contribution in [0.3, 0.4) is 0 Å². The highest BCUT2D eigenvalue weighted by Crippen LogP contribution is 2.03. The zero-order valence-corrected chi connectivity index (χ0v) is 8.38. The van der Waals surface area contributed by atoms with Gasteiger partial charge in [-0.3, -0.25) is 0 Å². The zero-order chi connectivity index (χ0) is 9.23. The molecular formula is C10H20O2. The molecule has 2 heteroatoms. The van der Waals surface area contributed by atoms with Crippen LogP contribution in [-0.2, 0) is 9.47 Å². The third-order valence-corrected chi connectivity index (χ3v) is 1.49. The Morgan fingerprint density at radius 2 is 2.00 bits per heavy atom. The van der Waals surface area contributed by atoms with Crippen molar-refractivity contribution in [1.29, 1.82) is 0 Å². The topological polar surface area (TPSA) is 18.5 Å². The van der Waals surface area contributed by atoms with E-state index in [9.17, 15) is 0 Å². The van der Waals surface area contributed by atoms with Crippen molar-refractivity contribution in [3.8, 4) is 0 Å². The molecule has 0 saturated carbocycles. The number of ether oxygens (including phenoxy) is 2. The molecule has 0 heterocycles. The van der Waals surface area contributed by atoms with Crippen LogP contribution < -0.4 is 0 Å². The van der Waals surface area contributed by atoms with Gasteiger partial charge in [0.25, 0.3) is 0 Å². The third kappa shape index (κ3) is 6.38. The van der Waals surface area contributed by atoms with Crippen LogP contribution in [0.15, 0.2) is 12.2 Å². The van der Waals surface area contributed by atoms with Crippen molar-refractivity contribution < 1.29 is 9.47 Å². The average Bonchev–Trinajstić information content (AvgIpc) is 2.06. The first-order chi connectivity index (χ1) is 5.85. The van der Waals surface area contributed by atoms with Gasteiger partial charge < -0.3 is 9.47 Å². The molecule has 0 rings (SSSR count). The molecule has 72 valence electrons. The highest BCUT2D eigenvalue weighted by molar-refractivity contribution is 4.76. The molecule has 0 radical (unpaired) electrons. The summed E-state index contributed by atoms with van der Waals surface area (Å²) in [6.07, 6.45) is 6.03. The fourth-order valence-electron chi connectivity index (χ4n) is 0.895. The predicted molar refractivity (Wildman–Crippen MR) is 51.1 cm³/mol. The lowest BCUT2D eigenvalue weighted by atomic mass is 10.3. The number of rotatable bonds is 7. The Labute approximate surface area is 75.6 Å². The minimum atomic E-state index is -0.0174. The first-order valence-corrected chi connectivity index (χ1v) is 4.69. The molecule has 1 atom stereocenters. The van der Waals surface area contributed by atoms with E-state index >= 15 is 0 Å². The Kier molecular flexibility index (Phi) is 8.51. The Balaban J connectivity index is 3.47. The van der Waals surface area contributed by atoms with Gasteiger partial charge in [0, 0.05) is 6.61 Å². The number of hydrogen-bond donors (Lipinski definition) is 0. The standard InChI is InChI=1S/C10H20O2/c1-4-7-9-12-10(8-5-2)11-6-3/h4,7,10H,5-6,8-9H2,1-3H3/b7-4+. The van der Waals surface area contributed by atoms with E-state index in [-0.39, 0.29) is 6.29 Å². The molecule has 0 bridgehead atoms. The molecule has 2 nitrogen and oxygen atoms in total. The molecular weight excluding hydrogens is 152 g/mol. The summed E-state index contributed by atoms with van der Waals surface area (Å²) in [7, 11) is 0. The Bertz CT molecular complexity index is 104. The summed E-state index contributed by atoms with van der Waals surface area (Å²) < 4.78 is 10.8. The molecule has 0 aromatic heterocycles. The van der Waals surface area contributed by atoms with Gasteiger partial charge in [0.15, 0.2) is 6.29 Å². The van der Waals surface area contributed by atoms with E-state index in [0.29, 0.717) is 6.61 Å². The van der Waals surface area contributed by atoms with E-state index in [1.54, 1.807) is 0 Å². The molecule has 0 spiro atoms. The largest absolute Gasteiger partial charge is 0.353 e. The summed E-state index contributed by atoms with van der Waals surface area (Å²) in [6, 6.07) is 0. The quantitative estimate of drug-likeness (QED) is 0.434. The van der Waals surface area contributed by atoms with Crippen LogP contribution in [0, 0.1) is 0 Å². The summed E-state index contributed by atoms with van der Waals surface area (Å²) in [5.41, 5.74) is 0. The third-order valence-electron chi connectivity index (χ3n) is 1.49. The molecule has 0 amide bonds. The molecule has 0 aliphatic rings. The lowest BCUT2D eigenvalue weighted by Gasteiger charge is -2.15. The highest BCUT2D eigenvalue weighted by Gasteiger charge is 2.04. The van der Waals surface area contributed by atoms with Crippen LogP contribution in [0.5, 0.6) is 0 Å². The second-order valence-corrected chi connectivity index (χ2v) is 2.58. The maximum atomic E-state index is 5.45. The van der Waals surface area contributed by atoms with E-state index in [2.05, 4.69) is 6.92 Å². The van der Waals surface area contributed by atoms with Crippen molar-refractivity contribution >= 4 is 0 Å². The molecule has 0 aromatic carbocycles. The molecule has 12 heavy (non-hydrogen) atoms. The number of hydrogen-bond acceptors (Lipinski definition) is 2. The van der Waals surface area contributed by atoms with Crippen molar-refractivity contribution in [2.45, 2.75) is 39.9 Å². The SMILES string of the molecule is C/C=C/COC(CCC)OCC. The molecule has 1 unspecified atom stereocenters. The van der Waals surface area contributed by atoms with Gasteiger partial charge in [-0.2, -0.15) is 0 Å². The molecule has 0 aliphatic heterocycles. The van der Waals surface area contributed by atoms with E-state index < -0.39 is 0 Å². The van der Waals surface area contributed by atoms with Crippen molar-refractivity contribution in [2.75, 3.05) is 13.2 Å². The summed E-state index contributed by atoms with van der Waals surface area (Å²) in [6.45, 7) is 7.48. The van der Waals surface area contributed by atoms with Crippen molar-refractivity contribution in [2.24, 2.45) is 0 Å². The predicted octanol–water partition coefficient (Wildman–Crippen LogP) is 2.74. The van der Waals surface area contributed by atoms with Gasteiger partial charge in [-0.1, -0.05) is 25.5 Å². The Hall–Kier alpha value is -0.340.